The van der Waals surface area contributed by atoms with Crippen LogP contribution in [0.1, 0.15) is 24.4 Å². The van der Waals surface area contributed by atoms with Gasteiger partial charge in [-0.25, -0.2) is 0 Å². The number of hydrogen-bond donors (Lipinski definition) is 2. The Labute approximate surface area is 122 Å². The summed E-state index contributed by atoms with van der Waals surface area (Å²) >= 11 is 0. The van der Waals surface area contributed by atoms with Gasteiger partial charge in [0.15, 0.2) is 0 Å². The first-order valence-corrected chi connectivity index (χ1v) is 6.78. The third kappa shape index (κ3) is 3.81. The van der Waals surface area contributed by atoms with Crippen LogP contribution in [0.5, 0.6) is 0 Å². The predicted octanol–water partition coefficient (Wildman–Crippen LogP) is 0.797. The molecule has 2 unspecified atom stereocenters. The molecule has 1 fully saturated rings. The quantitative estimate of drug-likeness (QED) is 0.839. The van der Waals surface area contributed by atoms with E-state index in [0.29, 0.717) is 6.54 Å². The van der Waals surface area contributed by atoms with Crippen LogP contribution < -0.4 is 5.32 Å². The van der Waals surface area contributed by atoms with Crippen molar-refractivity contribution in [2.24, 2.45) is 5.92 Å². The fraction of sp³-hybridized carbons (Fsp3) is 0.400. The zero-order valence-corrected chi connectivity index (χ0v) is 11.8. The molecular formula is C15H18N2O4. The van der Waals surface area contributed by atoms with Gasteiger partial charge in [0.2, 0.25) is 11.8 Å². The molecule has 112 valence electrons. The van der Waals surface area contributed by atoms with Crippen molar-refractivity contribution in [3.05, 3.63) is 35.9 Å². The number of nitrogens with one attached hydrogen (secondary N) is 1. The van der Waals surface area contributed by atoms with Crippen LogP contribution in [-0.2, 0) is 14.4 Å². The Kier molecular flexibility index (Phi) is 4.57. The van der Waals surface area contributed by atoms with Crippen molar-refractivity contribution in [2.45, 2.75) is 18.9 Å². The number of carboxylic acid groups (broad SMARTS) is 1. The highest BCUT2D eigenvalue weighted by Gasteiger charge is 2.33. The van der Waals surface area contributed by atoms with Crippen molar-refractivity contribution in [1.82, 2.24) is 10.2 Å². The van der Waals surface area contributed by atoms with Crippen LogP contribution in [0.15, 0.2) is 30.3 Å². The molecule has 6 heteroatoms. The monoisotopic (exact) mass is 290 g/mol. The number of hydrogen-bond acceptors (Lipinski definition) is 3. The van der Waals surface area contributed by atoms with E-state index in [0.717, 1.165) is 5.56 Å². The maximum atomic E-state index is 12.2. The molecule has 0 saturated carbocycles. The summed E-state index contributed by atoms with van der Waals surface area (Å²) in [5, 5.41) is 11.7. The molecule has 1 aliphatic rings. The number of benzene rings is 1. The standard InChI is InChI=1S/C15H18N2O4/c1-17-9-11(7-13(17)18)15(21)16-12(8-14(19)20)10-5-3-2-4-6-10/h2-6,11-12H,7-9H2,1H3,(H,16,21)(H,19,20). The Hall–Kier alpha value is -2.37. The number of likely N-dealkylation sites (tertiary alicyclic amines) is 1. The average molecular weight is 290 g/mol. The van der Waals surface area contributed by atoms with Crippen molar-refractivity contribution in [2.75, 3.05) is 13.6 Å². The van der Waals surface area contributed by atoms with Gasteiger partial charge in [-0.05, 0) is 5.56 Å². The summed E-state index contributed by atoms with van der Waals surface area (Å²) < 4.78 is 0. The van der Waals surface area contributed by atoms with Gasteiger partial charge in [0.25, 0.3) is 0 Å². The Morgan fingerprint density at radius 1 is 1.38 bits per heavy atom. The number of carbonyl (C=O) groups is 3. The second kappa shape index (κ2) is 6.39. The molecule has 6 nitrogen and oxygen atoms in total. The largest absolute Gasteiger partial charge is 0.481 e. The molecule has 2 amide bonds. The first-order chi connectivity index (χ1) is 9.97. The molecule has 0 radical (unpaired) electrons. The summed E-state index contributed by atoms with van der Waals surface area (Å²) in [6.07, 6.45) is -0.0107. The Balaban J connectivity index is 2.07. The van der Waals surface area contributed by atoms with Gasteiger partial charge in [-0.3, -0.25) is 14.4 Å². The van der Waals surface area contributed by atoms with Crippen LogP contribution in [0.3, 0.4) is 0 Å². The fourth-order valence-electron chi connectivity index (χ4n) is 2.44. The Morgan fingerprint density at radius 3 is 2.57 bits per heavy atom. The van der Waals surface area contributed by atoms with Crippen LogP contribution in [0.4, 0.5) is 0 Å². The van der Waals surface area contributed by atoms with Gasteiger partial charge in [-0.2, -0.15) is 0 Å². The predicted molar refractivity (Wildman–Crippen MR) is 75.3 cm³/mol. The Morgan fingerprint density at radius 2 is 2.05 bits per heavy atom. The molecule has 1 heterocycles. The van der Waals surface area contributed by atoms with Gasteiger partial charge in [0.1, 0.15) is 0 Å². The van der Waals surface area contributed by atoms with E-state index in [4.69, 9.17) is 5.11 Å². The number of amides is 2. The van der Waals surface area contributed by atoms with Gasteiger partial charge < -0.3 is 15.3 Å². The van der Waals surface area contributed by atoms with Crippen molar-refractivity contribution < 1.29 is 19.5 Å². The van der Waals surface area contributed by atoms with E-state index < -0.39 is 17.9 Å². The average Bonchev–Trinajstić information content (AvgIpc) is 2.78. The molecule has 0 aliphatic carbocycles. The van der Waals surface area contributed by atoms with E-state index in [1.165, 1.54) is 4.90 Å². The van der Waals surface area contributed by atoms with Crippen LogP contribution >= 0.6 is 0 Å². The lowest BCUT2D eigenvalue weighted by atomic mass is 10.0. The highest BCUT2D eigenvalue weighted by molar-refractivity contribution is 5.89. The SMILES string of the molecule is CN1CC(C(=O)NC(CC(=O)O)c2ccccc2)CC1=O. The van der Waals surface area contributed by atoms with Crippen molar-refractivity contribution >= 4 is 17.8 Å². The van der Waals surface area contributed by atoms with Crippen molar-refractivity contribution in [3.8, 4) is 0 Å². The van der Waals surface area contributed by atoms with Gasteiger partial charge in [-0.1, -0.05) is 30.3 Å². The second-order valence-electron chi connectivity index (χ2n) is 5.25. The molecule has 1 aromatic rings. The number of nitrogens with zero attached hydrogens (tertiary/aromatic N) is 1. The van der Waals surface area contributed by atoms with E-state index in [9.17, 15) is 14.4 Å². The molecule has 2 N–H and O–H groups in total. The smallest absolute Gasteiger partial charge is 0.305 e. The third-order valence-electron chi connectivity index (χ3n) is 3.61. The minimum atomic E-state index is -0.983. The lowest BCUT2D eigenvalue weighted by Gasteiger charge is -2.19. The van der Waals surface area contributed by atoms with Gasteiger partial charge in [0.05, 0.1) is 18.4 Å². The first-order valence-electron chi connectivity index (χ1n) is 6.78. The highest BCUT2D eigenvalue weighted by atomic mass is 16.4. The van der Waals surface area contributed by atoms with Crippen LogP contribution in [-0.4, -0.2) is 41.4 Å². The van der Waals surface area contributed by atoms with Gasteiger partial charge in [-0.15, -0.1) is 0 Å². The van der Waals surface area contributed by atoms with Crippen molar-refractivity contribution in [1.29, 1.82) is 0 Å². The Bertz CT molecular complexity index is 544. The minimum absolute atomic E-state index is 0.0651. The van der Waals surface area contributed by atoms with E-state index >= 15 is 0 Å². The van der Waals surface area contributed by atoms with E-state index in [1.54, 1.807) is 31.3 Å². The normalized spacial score (nSPS) is 19.4. The maximum Gasteiger partial charge on any atom is 0.305 e. The van der Waals surface area contributed by atoms with Crippen LogP contribution in [0, 0.1) is 5.92 Å². The summed E-state index contributed by atoms with van der Waals surface area (Å²) in [6.45, 7) is 0.374. The fourth-order valence-corrected chi connectivity index (χ4v) is 2.44. The molecule has 2 atom stereocenters. The maximum absolute atomic E-state index is 12.2. The minimum Gasteiger partial charge on any atom is -0.481 e. The molecule has 0 bridgehead atoms. The van der Waals surface area contributed by atoms with Crippen LogP contribution in [0.2, 0.25) is 0 Å². The van der Waals surface area contributed by atoms with Gasteiger partial charge >= 0.3 is 5.97 Å². The summed E-state index contributed by atoms with van der Waals surface area (Å²) in [5.41, 5.74) is 0.742. The third-order valence-corrected chi connectivity index (χ3v) is 3.61. The lowest BCUT2D eigenvalue weighted by molar-refractivity contribution is -0.138. The zero-order valence-electron chi connectivity index (χ0n) is 11.8. The molecule has 1 aromatic carbocycles. The molecule has 0 aromatic heterocycles. The van der Waals surface area contributed by atoms with E-state index in [1.807, 2.05) is 6.07 Å². The topological polar surface area (TPSA) is 86.7 Å². The molecule has 1 saturated heterocycles. The second-order valence-corrected chi connectivity index (χ2v) is 5.25. The van der Waals surface area contributed by atoms with E-state index in [-0.39, 0.29) is 24.7 Å². The molecule has 21 heavy (non-hydrogen) atoms. The number of rotatable bonds is 5. The summed E-state index contributed by atoms with van der Waals surface area (Å²) in [4.78, 5) is 36.2. The molecule has 1 aliphatic heterocycles. The van der Waals surface area contributed by atoms with Crippen molar-refractivity contribution in [3.63, 3.8) is 0 Å². The number of carboxylic acids is 1. The molecular weight excluding hydrogens is 272 g/mol. The summed E-state index contributed by atoms with van der Waals surface area (Å²) in [6, 6.07) is 8.39. The first kappa shape index (κ1) is 15.0. The number of carbonyl (C=O) groups excluding carboxylic acids is 2. The lowest BCUT2D eigenvalue weighted by Crippen LogP contribution is -2.36. The summed E-state index contributed by atoms with van der Waals surface area (Å²) in [5.74, 6) is -1.74. The summed E-state index contributed by atoms with van der Waals surface area (Å²) in [7, 11) is 1.65. The highest BCUT2D eigenvalue weighted by Crippen LogP contribution is 2.20. The molecule has 2 rings (SSSR count). The number of aliphatic carboxylic acids is 1. The van der Waals surface area contributed by atoms with E-state index in [2.05, 4.69) is 5.32 Å². The van der Waals surface area contributed by atoms with Gasteiger partial charge in [0, 0.05) is 20.0 Å². The van der Waals surface area contributed by atoms with Crippen LogP contribution in [0.25, 0.3) is 0 Å². The molecule has 0 spiro atoms. The zero-order chi connectivity index (χ0) is 15.4.